The summed E-state index contributed by atoms with van der Waals surface area (Å²) in [5, 5.41) is 3.46. The third-order valence-electron chi connectivity index (χ3n) is 4.94. The van der Waals surface area contributed by atoms with E-state index in [1.165, 1.54) is 0 Å². The van der Waals surface area contributed by atoms with E-state index in [2.05, 4.69) is 20.3 Å². The average molecular weight is 341 g/mol. The first kappa shape index (κ1) is 16.2. The van der Waals surface area contributed by atoms with Gasteiger partial charge in [0.2, 0.25) is 0 Å². The van der Waals surface area contributed by atoms with Crippen LogP contribution in [-0.2, 0) is 10.3 Å². The highest BCUT2D eigenvalue weighted by Gasteiger charge is 2.55. The van der Waals surface area contributed by atoms with Gasteiger partial charge in [-0.3, -0.25) is 9.88 Å². The molecule has 1 amide bonds. The van der Waals surface area contributed by atoms with Crippen LogP contribution in [0.4, 0.5) is 4.79 Å². The van der Waals surface area contributed by atoms with E-state index in [9.17, 15) is 4.79 Å². The van der Waals surface area contributed by atoms with Crippen molar-refractivity contribution in [2.75, 3.05) is 13.1 Å². The molecule has 7 heteroatoms. The molecule has 0 spiro atoms. The summed E-state index contributed by atoms with van der Waals surface area (Å²) in [5.74, 6) is 0. The van der Waals surface area contributed by atoms with Crippen molar-refractivity contribution in [2.45, 2.75) is 50.8 Å². The van der Waals surface area contributed by atoms with Crippen LogP contribution in [0.5, 0.6) is 0 Å². The minimum atomic E-state index is -0.541. The molecule has 2 aliphatic rings. The lowest BCUT2D eigenvalue weighted by atomic mass is 9.90. The van der Waals surface area contributed by atoms with Crippen LogP contribution in [0.15, 0.2) is 24.7 Å². The molecule has 2 atom stereocenters. The van der Waals surface area contributed by atoms with Gasteiger partial charge in [0, 0.05) is 25.3 Å². The van der Waals surface area contributed by atoms with Crippen LogP contribution in [-0.4, -0.2) is 50.7 Å². The highest BCUT2D eigenvalue weighted by atomic mass is 16.6. The van der Waals surface area contributed by atoms with E-state index in [0.717, 1.165) is 36.1 Å². The number of ether oxygens (including phenoxy) is 1. The third kappa shape index (κ3) is 2.63. The number of nitrogens with zero attached hydrogens (tertiary/aromatic N) is 4. The van der Waals surface area contributed by atoms with Gasteiger partial charge >= 0.3 is 6.09 Å². The molecule has 0 aliphatic carbocycles. The summed E-state index contributed by atoms with van der Waals surface area (Å²) in [6.07, 6.45) is 4.78. The molecular weight excluding hydrogens is 318 g/mol. The molecule has 2 aromatic heterocycles. The smallest absolute Gasteiger partial charge is 0.411 e. The molecule has 4 heterocycles. The Bertz CT molecular complexity index is 809. The molecule has 25 heavy (non-hydrogen) atoms. The largest absolute Gasteiger partial charge is 0.444 e. The Morgan fingerprint density at radius 2 is 2.20 bits per heavy atom. The fourth-order valence-corrected chi connectivity index (χ4v) is 4.00. The summed E-state index contributed by atoms with van der Waals surface area (Å²) in [6, 6.07) is 3.89. The van der Waals surface area contributed by atoms with E-state index in [1.54, 1.807) is 12.5 Å². The number of rotatable bonds is 1. The zero-order chi connectivity index (χ0) is 17.7. The maximum Gasteiger partial charge on any atom is 0.411 e. The number of nitrogens with one attached hydrogen (secondary N) is 1. The van der Waals surface area contributed by atoms with Gasteiger partial charge in [-0.2, -0.15) is 0 Å². The molecule has 0 saturated carbocycles. The quantitative estimate of drug-likeness (QED) is 0.857. The van der Waals surface area contributed by atoms with Gasteiger partial charge in [0.1, 0.15) is 23.0 Å². The molecule has 2 bridgehead atoms. The Morgan fingerprint density at radius 1 is 1.36 bits per heavy atom. The Morgan fingerprint density at radius 3 is 3.00 bits per heavy atom. The molecule has 2 unspecified atom stereocenters. The second-order valence-corrected chi connectivity index (χ2v) is 7.80. The van der Waals surface area contributed by atoms with E-state index >= 15 is 0 Å². The predicted molar refractivity (Wildman–Crippen MR) is 93.0 cm³/mol. The molecule has 2 aromatic rings. The van der Waals surface area contributed by atoms with Crippen molar-refractivity contribution >= 4 is 17.1 Å². The molecular formula is C18H23N5O2. The van der Waals surface area contributed by atoms with Crippen LogP contribution >= 0.6 is 0 Å². The molecule has 2 fully saturated rings. The number of aromatic nitrogens is 3. The predicted octanol–water partition coefficient (Wildman–Crippen LogP) is 2.22. The van der Waals surface area contributed by atoms with Crippen molar-refractivity contribution in [1.29, 1.82) is 0 Å². The highest BCUT2D eigenvalue weighted by molar-refractivity contribution is 5.79. The van der Waals surface area contributed by atoms with Gasteiger partial charge in [-0.25, -0.2) is 14.8 Å². The lowest BCUT2D eigenvalue weighted by Gasteiger charge is -2.44. The molecule has 2 saturated heterocycles. The Labute approximate surface area is 146 Å². The van der Waals surface area contributed by atoms with Gasteiger partial charge in [-0.1, -0.05) is 0 Å². The SMILES string of the molecule is CC(C)(C)OC(=O)N1C2CCC1(c1ncnc3cccnc13)CNC2. The van der Waals surface area contributed by atoms with Crippen molar-refractivity contribution in [1.82, 2.24) is 25.2 Å². The molecule has 0 radical (unpaired) electrons. The minimum Gasteiger partial charge on any atom is -0.444 e. The molecule has 1 N–H and O–H groups in total. The number of hydrogen-bond acceptors (Lipinski definition) is 6. The normalized spacial score (nSPS) is 26.0. The molecule has 132 valence electrons. The Hall–Kier alpha value is -2.28. The van der Waals surface area contributed by atoms with Crippen LogP contribution in [0.25, 0.3) is 11.0 Å². The van der Waals surface area contributed by atoms with E-state index in [4.69, 9.17) is 4.74 Å². The molecule has 2 aliphatic heterocycles. The second-order valence-electron chi connectivity index (χ2n) is 7.80. The Kier molecular flexibility index (Phi) is 3.64. The van der Waals surface area contributed by atoms with Crippen LogP contribution in [0.2, 0.25) is 0 Å². The van der Waals surface area contributed by atoms with E-state index in [-0.39, 0.29) is 12.1 Å². The summed E-state index contributed by atoms with van der Waals surface area (Å²) >= 11 is 0. The minimum absolute atomic E-state index is 0.109. The number of carbonyl (C=O) groups excluding carboxylic acids is 1. The molecule has 0 aromatic carbocycles. The van der Waals surface area contributed by atoms with Gasteiger partial charge in [0.05, 0.1) is 11.2 Å². The van der Waals surface area contributed by atoms with Crippen molar-refractivity contribution in [2.24, 2.45) is 0 Å². The van der Waals surface area contributed by atoms with E-state index in [0.29, 0.717) is 6.54 Å². The van der Waals surface area contributed by atoms with Crippen molar-refractivity contribution in [3.05, 3.63) is 30.4 Å². The van der Waals surface area contributed by atoms with E-state index in [1.807, 2.05) is 37.8 Å². The standard InChI is InChI=1S/C18H23N5O2/c1-17(2,3)25-16(24)23-12-6-7-18(23,10-19-9-12)15-14-13(21-11-22-15)5-4-8-20-14/h4-5,8,11-12,19H,6-7,9-10H2,1-3H3. The van der Waals surface area contributed by atoms with Crippen molar-refractivity contribution in [3.8, 4) is 0 Å². The number of fused-ring (bicyclic) bond motifs is 3. The van der Waals surface area contributed by atoms with Crippen molar-refractivity contribution < 1.29 is 9.53 Å². The van der Waals surface area contributed by atoms with Gasteiger partial charge < -0.3 is 10.1 Å². The van der Waals surface area contributed by atoms with Crippen LogP contribution in [0, 0.1) is 0 Å². The van der Waals surface area contributed by atoms with Gasteiger partial charge in [-0.15, -0.1) is 0 Å². The number of pyridine rings is 1. The van der Waals surface area contributed by atoms with Gasteiger partial charge in [-0.05, 0) is 45.7 Å². The maximum absolute atomic E-state index is 13.0. The average Bonchev–Trinajstić information content (AvgIpc) is 2.80. The summed E-state index contributed by atoms with van der Waals surface area (Å²) in [5.41, 5.74) is 1.27. The fraction of sp³-hybridized carbons (Fsp3) is 0.556. The fourth-order valence-electron chi connectivity index (χ4n) is 4.00. The number of amides is 1. The maximum atomic E-state index is 13.0. The highest BCUT2D eigenvalue weighted by Crippen LogP contribution is 2.45. The van der Waals surface area contributed by atoms with Crippen molar-refractivity contribution in [3.63, 3.8) is 0 Å². The first-order valence-electron chi connectivity index (χ1n) is 8.70. The van der Waals surface area contributed by atoms with Crippen LogP contribution in [0.3, 0.4) is 0 Å². The first-order valence-corrected chi connectivity index (χ1v) is 8.70. The lowest BCUT2D eigenvalue weighted by Crippen LogP contribution is -2.61. The van der Waals surface area contributed by atoms with Gasteiger partial charge in [0.15, 0.2) is 0 Å². The monoisotopic (exact) mass is 341 g/mol. The van der Waals surface area contributed by atoms with Crippen LogP contribution < -0.4 is 5.32 Å². The first-order chi connectivity index (χ1) is 11.9. The zero-order valence-electron chi connectivity index (χ0n) is 14.8. The summed E-state index contributed by atoms with van der Waals surface area (Å²) in [6.45, 7) is 7.10. The van der Waals surface area contributed by atoms with Crippen LogP contribution in [0.1, 0.15) is 39.3 Å². The Balaban J connectivity index is 1.83. The topological polar surface area (TPSA) is 80.2 Å². The molecule has 7 nitrogen and oxygen atoms in total. The zero-order valence-corrected chi connectivity index (χ0v) is 14.8. The molecule has 4 rings (SSSR count). The number of hydrogen-bond donors (Lipinski definition) is 1. The summed E-state index contributed by atoms with van der Waals surface area (Å²) in [7, 11) is 0. The van der Waals surface area contributed by atoms with E-state index < -0.39 is 11.1 Å². The second kappa shape index (κ2) is 5.62. The number of piperazine rings is 1. The third-order valence-corrected chi connectivity index (χ3v) is 4.94. The summed E-state index contributed by atoms with van der Waals surface area (Å²) < 4.78 is 5.71. The van der Waals surface area contributed by atoms with Gasteiger partial charge in [0.25, 0.3) is 0 Å². The number of carbonyl (C=O) groups is 1. The lowest BCUT2D eigenvalue weighted by molar-refractivity contribution is -0.0121. The summed E-state index contributed by atoms with van der Waals surface area (Å²) in [4.78, 5) is 28.3.